The third kappa shape index (κ3) is 3.80. The van der Waals surface area contributed by atoms with Gasteiger partial charge in [-0.2, -0.15) is 0 Å². The SMILES string of the molecule is CC(OC(=O)c1ccccc1S(C)(=O)=O)c1nnc(-c2ccccc2)o1. The molecule has 3 rings (SSSR count). The largest absolute Gasteiger partial charge is 0.449 e. The van der Waals surface area contributed by atoms with Gasteiger partial charge in [0.25, 0.3) is 5.89 Å². The molecule has 0 fully saturated rings. The van der Waals surface area contributed by atoms with Crippen molar-refractivity contribution in [3.05, 3.63) is 66.1 Å². The summed E-state index contributed by atoms with van der Waals surface area (Å²) in [5, 5.41) is 7.84. The van der Waals surface area contributed by atoms with Gasteiger partial charge in [0.15, 0.2) is 15.9 Å². The van der Waals surface area contributed by atoms with E-state index in [-0.39, 0.29) is 16.3 Å². The second kappa shape index (κ2) is 7.09. The number of esters is 1. The molecule has 0 spiro atoms. The molecule has 2 aromatic carbocycles. The Morgan fingerprint density at radius 3 is 2.38 bits per heavy atom. The van der Waals surface area contributed by atoms with E-state index in [9.17, 15) is 13.2 Å². The van der Waals surface area contributed by atoms with Crippen LogP contribution in [0.2, 0.25) is 0 Å². The predicted octanol–water partition coefficient (Wildman–Crippen LogP) is 3.06. The average molecular weight is 372 g/mol. The highest BCUT2D eigenvalue weighted by Crippen LogP contribution is 2.24. The Morgan fingerprint density at radius 1 is 1.04 bits per heavy atom. The molecule has 7 nitrogen and oxygen atoms in total. The van der Waals surface area contributed by atoms with Gasteiger partial charge in [-0.1, -0.05) is 30.3 Å². The molecule has 0 aliphatic heterocycles. The summed E-state index contributed by atoms with van der Waals surface area (Å²) >= 11 is 0. The van der Waals surface area contributed by atoms with E-state index < -0.39 is 21.9 Å². The summed E-state index contributed by atoms with van der Waals surface area (Å²) in [4.78, 5) is 12.3. The molecule has 0 bridgehead atoms. The van der Waals surface area contributed by atoms with Crippen molar-refractivity contribution in [2.75, 3.05) is 6.26 Å². The molecule has 134 valence electrons. The quantitative estimate of drug-likeness (QED) is 0.635. The summed E-state index contributed by atoms with van der Waals surface area (Å²) in [7, 11) is -3.56. The van der Waals surface area contributed by atoms with Crippen LogP contribution in [0.4, 0.5) is 0 Å². The first-order valence-electron chi connectivity index (χ1n) is 7.75. The first-order chi connectivity index (χ1) is 12.4. The number of rotatable bonds is 5. The zero-order valence-corrected chi connectivity index (χ0v) is 14.9. The molecule has 0 radical (unpaired) electrons. The van der Waals surface area contributed by atoms with Gasteiger partial charge in [-0.15, -0.1) is 10.2 Å². The molecule has 1 aromatic heterocycles. The minimum atomic E-state index is -3.56. The van der Waals surface area contributed by atoms with Crippen LogP contribution in [0.3, 0.4) is 0 Å². The van der Waals surface area contributed by atoms with Crippen LogP contribution in [0.1, 0.15) is 29.3 Å². The summed E-state index contributed by atoms with van der Waals surface area (Å²) in [6.07, 6.45) is 0.201. The average Bonchev–Trinajstić information content (AvgIpc) is 3.12. The first-order valence-corrected chi connectivity index (χ1v) is 9.64. The number of carbonyl (C=O) groups excluding carboxylic acids is 1. The minimum absolute atomic E-state index is 0.0374. The van der Waals surface area contributed by atoms with Crippen LogP contribution < -0.4 is 0 Å². The summed E-state index contributed by atoms with van der Waals surface area (Å²) in [6.45, 7) is 1.57. The molecular formula is C18H16N2O5S. The number of aromatic nitrogens is 2. The topological polar surface area (TPSA) is 99.4 Å². The van der Waals surface area contributed by atoms with Gasteiger partial charge in [-0.3, -0.25) is 0 Å². The van der Waals surface area contributed by atoms with Crippen LogP contribution in [0, 0.1) is 0 Å². The van der Waals surface area contributed by atoms with E-state index in [4.69, 9.17) is 9.15 Å². The van der Waals surface area contributed by atoms with Crippen molar-refractivity contribution < 1.29 is 22.4 Å². The second-order valence-corrected chi connectivity index (χ2v) is 7.61. The molecule has 0 saturated carbocycles. The molecule has 3 aromatic rings. The van der Waals surface area contributed by atoms with Crippen LogP contribution >= 0.6 is 0 Å². The Bertz CT molecular complexity index is 1030. The number of sulfone groups is 1. The zero-order chi connectivity index (χ0) is 18.7. The Hall–Kier alpha value is -3.00. The molecule has 0 N–H and O–H groups in total. The molecule has 26 heavy (non-hydrogen) atoms. The lowest BCUT2D eigenvalue weighted by Gasteiger charge is -2.11. The van der Waals surface area contributed by atoms with E-state index in [1.165, 1.54) is 12.1 Å². The van der Waals surface area contributed by atoms with E-state index >= 15 is 0 Å². The number of nitrogens with zero attached hydrogens (tertiary/aromatic N) is 2. The maximum Gasteiger partial charge on any atom is 0.340 e. The Balaban J connectivity index is 1.80. The lowest BCUT2D eigenvalue weighted by Crippen LogP contribution is -2.13. The summed E-state index contributed by atoms with van der Waals surface area (Å²) in [6, 6.07) is 15.0. The molecule has 1 heterocycles. The third-order valence-corrected chi connectivity index (χ3v) is 4.75. The smallest absolute Gasteiger partial charge is 0.340 e. The van der Waals surface area contributed by atoms with Crippen LogP contribution in [0.15, 0.2) is 63.9 Å². The monoisotopic (exact) mass is 372 g/mol. The second-order valence-electron chi connectivity index (χ2n) is 5.63. The van der Waals surface area contributed by atoms with Gasteiger partial charge >= 0.3 is 5.97 Å². The third-order valence-electron chi connectivity index (χ3n) is 3.60. The fourth-order valence-electron chi connectivity index (χ4n) is 2.33. The van der Waals surface area contributed by atoms with Gasteiger partial charge in [0.1, 0.15) is 0 Å². The summed E-state index contributed by atoms with van der Waals surface area (Å²) in [5.41, 5.74) is 0.705. The molecule has 1 unspecified atom stereocenters. The highest BCUT2D eigenvalue weighted by Gasteiger charge is 2.24. The highest BCUT2D eigenvalue weighted by atomic mass is 32.2. The van der Waals surface area contributed by atoms with Gasteiger partial charge in [0.2, 0.25) is 5.89 Å². The van der Waals surface area contributed by atoms with Crippen molar-refractivity contribution >= 4 is 15.8 Å². The maximum absolute atomic E-state index is 12.4. The number of carbonyl (C=O) groups is 1. The van der Waals surface area contributed by atoms with Crippen LogP contribution in [-0.2, 0) is 14.6 Å². The fraction of sp³-hybridized carbons (Fsp3) is 0.167. The van der Waals surface area contributed by atoms with E-state index in [2.05, 4.69) is 10.2 Å². The lowest BCUT2D eigenvalue weighted by atomic mass is 10.2. The number of benzene rings is 2. The van der Waals surface area contributed by atoms with E-state index in [1.54, 1.807) is 19.1 Å². The van der Waals surface area contributed by atoms with Crippen molar-refractivity contribution in [2.45, 2.75) is 17.9 Å². The zero-order valence-electron chi connectivity index (χ0n) is 14.1. The minimum Gasteiger partial charge on any atom is -0.449 e. The predicted molar refractivity (Wildman–Crippen MR) is 93.1 cm³/mol. The summed E-state index contributed by atoms with van der Waals surface area (Å²) in [5.74, 6) is -0.355. The molecule has 0 saturated heterocycles. The Labute approximate surface area is 150 Å². The van der Waals surface area contributed by atoms with Crippen molar-refractivity contribution in [3.63, 3.8) is 0 Å². The molecule has 0 aliphatic rings. The Morgan fingerprint density at radius 2 is 1.69 bits per heavy atom. The van der Waals surface area contributed by atoms with Gasteiger partial charge in [-0.05, 0) is 31.2 Å². The van der Waals surface area contributed by atoms with E-state index in [0.717, 1.165) is 11.8 Å². The number of hydrogen-bond acceptors (Lipinski definition) is 7. The molecule has 0 aliphatic carbocycles. The first kappa shape index (κ1) is 17.8. The van der Waals surface area contributed by atoms with Crippen molar-refractivity contribution in [1.29, 1.82) is 0 Å². The maximum atomic E-state index is 12.4. The molecule has 1 atom stereocenters. The summed E-state index contributed by atoms with van der Waals surface area (Å²) < 4.78 is 34.5. The van der Waals surface area contributed by atoms with Crippen molar-refractivity contribution in [2.24, 2.45) is 0 Å². The van der Waals surface area contributed by atoms with Gasteiger partial charge in [0.05, 0.1) is 10.5 Å². The highest BCUT2D eigenvalue weighted by molar-refractivity contribution is 7.90. The van der Waals surface area contributed by atoms with Gasteiger partial charge in [-0.25, -0.2) is 13.2 Å². The van der Waals surface area contributed by atoms with Crippen LogP contribution in [0.25, 0.3) is 11.5 Å². The number of ether oxygens (including phenoxy) is 1. The van der Waals surface area contributed by atoms with Gasteiger partial charge < -0.3 is 9.15 Å². The van der Waals surface area contributed by atoms with E-state index in [0.29, 0.717) is 5.89 Å². The molecular weight excluding hydrogens is 356 g/mol. The van der Waals surface area contributed by atoms with Gasteiger partial charge in [0, 0.05) is 11.8 Å². The van der Waals surface area contributed by atoms with Crippen molar-refractivity contribution in [3.8, 4) is 11.5 Å². The van der Waals surface area contributed by atoms with Crippen LogP contribution in [-0.4, -0.2) is 30.8 Å². The van der Waals surface area contributed by atoms with Crippen molar-refractivity contribution in [1.82, 2.24) is 10.2 Å². The molecule has 8 heteroatoms. The number of hydrogen-bond donors (Lipinski definition) is 0. The Kier molecular flexibility index (Phi) is 4.85. The van der Waals surface area contributed by atoms with E-state index in [1.807, 2.05) is 30.3 Å². The normalized spacial score (nSPS) is 12.5. The lowest BCUT2D eigenvalue weighted by molar-refractivity contribution is 0.0275. The standard InChI is InChI=1S/C18H16N2O5S/c1-12(16-19-20-17(25-16)13-8-4-3-5-9-13)24-18(21)14-10-6-7-11-15(14)26(2,22)23/h3-12H,1-2H3. The fourth-order valence-corrected chi connectivity index (χ4v) is 3.21. The van der Waals surface area contributed by atoms with Crippen LogP contribution in [0.5, 0.6) is 0 Å². The molecule has 0 amide bonds.